The Kier molecular flexibility index (Phi) is 3.33. The first-order valence-electron chi connectivity index (χ1n) is 4.09. The van der Waals surface area contributed by atoms with E-state index in [-0.39, 0.29) is 6.61 Å². The zero-order valence-electron chi connectivity index (χ0n) is 7.43. The molecule has 1 fully saturated rings. The second kappa shape index (κ2) is 4.14. The van der Waals surface area contributed by atoms with Crippen LogP contribution in [-0.4, -0.2) is 30.9 Å². The van der Waals surface area contributed by atoms with E-state index in [1.807, 2.05) is 5.48 Å². The van der Waals surface area contributed by atoms with Crippen LogP contribution in [0.5, 0.6) is 0 Å². The van der Waals surface area contributed by atoms with E-state index in [0.717, 1.165) is 0 Å². The number of esters is 1. The fourth-order valence-electron chi connectivity index (χ4n) is 1.06. The molecule has 2 unspecified atom stereocenters. The number of carbonyl (C=O) groups excluding carboxylic acids is 1. The van der Waals surface area contributed by atoms with Gasteiger partial charge < -0.3 is 4.74 Å². The van der Waals surface area contributed by atoms with E-state index in [0.29, 0.717) is 0 Å². The predicted molar refractivity (Wildman–Crippen MR) is 39.1 cm³/mol. The number of halogens is 3. The van der Waals surface area contributed by atoms with Crippen molar-refractivity contribution in [2.24, 2.45) is 0 Å². The third-order valence-electron chi connectivity index (χ3n) is 1.74. The highest BCUT2D eigenvalue weighted by molar-refractivity contribution is 5.75. The number of carbonyl (C=O) groups is 1. The molecule has 1 heterocycles. The number of rotatable bonds is 2. The second-order valence-electron chi connectivity index (χ2n) is 2.81. The van der Waals surface area contributed by atoms with E-state index in [4.69, 9.17) is 0 Å². The van der Waals surface area contributed by atoms with Crippen molar-refractivity contribution in [2.75, 3.05) is 6.61 Å². The maximum Gasteiger partial charge on any atom is 0.416 e. The lowest BCUT2D eigenvalue weighted by Crippen LogP contribution is -2.31. The van der Waals surface area contributed by atoms with Crippen molar-refractivity contribution in [3.8, 4) is 0 Å². The van der Waals surface area contributed by atoms with Crippen LogP contribution in [-0.2, 0) is 14.4 Å². The molecule has 82 valence electrons. The van der Waals surface area contributed by atoms with Crippen LogP contribution >= 0.6 is 0 Å². The molecular weight excluding hydrogens is 203 g/mol. The Labute approximate surface area is 78.3 Å². The summed E-state index contributed by atoms with van der Waals surface area (Å²) in [5.41, 5.74) is 2.00. The quantitative estimate of drug-likeness (QED) is 0.688. The molecule has 0 spiro atoms. The van der Waals surface area contributed by atoms with Gasteiger partial charge in [0.1, 0.15) is 6.04 Å². The summed E-state index contributed by atoms with van der Waals surface area (Å²) in [7, 11) is 0. The van der Waals surface area contributed by atoms with Crippen molar-refractivity contribution >= 4 is 5.97 Å². The topological polar surface area (TPSA) is 47.6 Å². The smallest absolute Gasteiger partial charge is 0.416 e. The van der Waals surface area contributed by atoms with Crippen molar-refractivity contribution in [1.82, 2.24) is 5.48 Å². The minimum Gasteiger partial charge on any atom is -0.465 e. The SMILES string of the molecule is CCOC(=O)C1CC(C(F)(F)F)ON1. The highest BCUT2D eigenvalue weighted by Crippen LogP contribution is 2.29. The molecule has 1 aliphatic heterocycles. The van der Waals surface area contributed by atoms with Gasteiger partial charge in [0, 0.05) is 6.42 Å². The van der Waals surface area contributed by atoms with E-state index in [1.165, 1.54) is 0 Å². The first kappa shape index (κ1) is 11.3. The lowest BCUT2D eigenvalue weighted by molar-refractivity contribution is -0.218. The van der Waals surface area contributed by atoms with Crippen molar-refractivity contribution in [1.29, 1.82) is 0 Å². The molecule has 0 radical (unpaired) electrons. The molecule has 0 amide bonds. The van der Waals surface area contributed by atoms with Crippen LogP contribution in [0.4, 0.5) is 13.2 Å². The van der Waals surface area contributed by atoms with Gasteiger partial charge in [-0.1, -0.05) is 0 Å². The van der Waals surface area contributed by atoms with Crippen molar-refractivity contribution in [3.63, 3.8) is 0 Å². The van der Waals surface area contributed by atoms with E-state index < -0.39 is 30.7 Å². The molecule has 1 saturated heterocycles. The van der Waals surface area contributed by atoms with Gasteiger partial charge in [-0.05, 0) is 6.92 Å². The van der Waals surface area contributed by atoms with Gasteiger partial charge in [-0.25, -0.2) is 0 Å². The Hall–Kier alpha value is -0.820. The Bertz CT molecular complexity index is 219. The minimum atomic E-state index is -4.45. The van der Waals surface area contributed by atoms with Gasteiger partial charge in [-0.2, -0.15) is 18.7 Å². The summed E-state index contributed by atoms with van der Waals surface area (Å²) in [5, 5.41) is 0. The first-order valence-corrected chi connectivity index (χ1v) is 4.09. The van der Waals surface area contributed by atoms with Crippen molar-refractivity contribution in [2.45, 2.75) is 31.7 Å². The largest absolute Gasteiger partial charge is 0.465 e. The Balaban J connectivity index is 2.45. The molecule has 0 aromatic heterocycles. The van der Waals surface area contributed by atoms with Crippen molar-refractivity contribution in [3.05, 3.63) is 0 Å². The Morgan fingerprint density at radius 2 is 2.29 bits per heavy atom. The maximum atomic E-state index is 12.1. The lowest BCUT2D eigenvalue weighted by Gasteiger charge is -2.11. The number of nitrogens with one attached hydrogen (secondary N) is 1. The van der Waals surface area contributed by atoms with E-state index in [9.17, 15) is 18.0 Å². The average Bonchev–Trinajstić information content (AvgIpc) is 2.51. The zero-order valence-corrected chi connectivity index (χ0v) is 7.43. The molecule has 0 aromatic carbocycles. The van der Waals surface area contributed by atoms with Crippen LogP contribution < -0.4 is 5.48 Å². The maximum absolute atomic E-state index is 12.1. The number of hydrogen-bond donors (Lipinski definition) is 1. The molecule has 7 heteroatoms. The fraction of sp³-hybridized carbons (Fsp3) is 0.857. The Morgan fingerprint density at radius 3 is 2.71 bits per heavy atom. The summed E-state index contributed by atoms with van der Waals surface area (Å²) in [5.74, 6) is -0.723. The molecule has 2 atom stereocenters. The summed E-state index contributed by atoms with van der Waals surface area (Å²) in [4.78, 5) is 15.2. The molecule has 1 rings (SSSR count). The van der Waals surface area contributed by atoms with Crippen LogP contribution in [0.25, 0.3) is 0 Å². The minimum absolute atomic E-state index is 0.133. The summed E-state index contributed by atoms with van der Waals surface area (Å²) in [6, 6.07) is -1.03. The van der Waals surface area contributed by atoms with E-state index in [1.54, 1.807) is 6.92 Å². The molecule has 1 aliphatic rings. The van der Waals surface area contributed by atoms with Crippen LogP contribution in [0, 0.1) is 0 Å². The van der Waals surface area contributed by atoms with Crippen LogP contribution in [0.15, 0.2) is 0 Å². The van der Waals surface area contributed by atoms with Gasteiger partial charge in [0.2, 0.25) is 0 Å². The van der Waals surface area contributed by atoms with Gasteiger partial charge in [0.15, 0.2) is 6.10 Å². The van der Waals surface area contributed by atoms with Gasteiger partial charge in [0.05, 0.1) is 6.61 Å². The summed E-state index contributed by atoms with van der Waals surface area (Å²) < 4.78 is 40.7. The van der Waals surface area contributed by atoms with Gasteiger partial charge in [-0.15, -0.1) is 0 Å². The van der Waals surface area contributed by atoms with Gasteiger partial charge >= 0.3 is 12.1 Å². The third kappa shape index (κ3) is 2.58. The number of hydrogen-bond acceptors (Lipinski definition) is 4. The highest BCUT2D eigenvalue weighted by Gasteiger charge is 2.48. The predicted octanol–water partition coefficient (Wildman–Crippen LogP) is 0.774. The average molecular weight is 213 g/mol. The normalized spacial score (nSPS) is 27.7. The first-order chi connectivity index (χ1) is 6.45. The molecular formula is C7H10F3NO3. The fourth-order valence-corrected chi connectivity index (χ4v) is 1.06. The second-order valence-corrected chi connectivity index (χ2v) is 2.81. The standard InChI is InChI=1S/C7H10F3NO3/c1-2-13-6(12)4-3-5(14-11-4)7(8,9)10/h4-5,11H,2-3H2,1H3. The third-order valence-corrected chi connectivity index (χ3v) is 1.74. The zero-order chi connectivity index (χ0) is 10.8. The summed E-state index contributed by atoms with van der Waals surface area (Å²) >= 11 is 0. The van der Waals surface area contributed by atoms with E-state index in [2.05, 4.69) is 9.57 Å². The molecule has 0 bridgehead atoms. The molecule has 0 saturated carbocycles. The van der Waals surface area contributed by atoms with Gasteiger partial charge in [0.25, 0.3) is 0 Å². The monoisotopic (exact) mass is 213 g/mol. The summed E-state index contributed by atoms with van der Waals surface area (Å²) in [6.07, 6.45) is -6.83. The molecule has 0 aliphatic carbocycles. The number of alkyl halides is 3. The lowest BCUT2D eigenvalue weighted by atomic mass is 10.1. The molecule has 0 aromatic rings. The molecule has 14 heavy (non-hydrogen) atoms. The number of ether oxygens (including phenoxy) is 1. The summed E-state index contributed by atoms with van der Waals surface area (Å²) in [6.45, 7) is 1.71. The van der Waals surface area contributed by atoms with Gasteiger partial charge in [-0.3, -0.25) is 9.63 Å². The van der Waals surface area contributed by atoms with Crippen LogP contribution in [0.3, 0.4) is 0 Å². The van der Waals surface area contributed by atoms with E-state index >= 15 is 0 Å². The highest BCUT2D eigenvalue weighted by atomic mass is 19.4. The molecule has 1 N–H and O–H groups in total. The van der Waals surface area contributed by atoms with Crippen LogP contribution in [0.2, 0.25) is 0 Å². The molecule has 4 nitrogen and oxygen atoms in total. The van der Waals surface area contributed by atoms with Crippen LogP contribution in [0.1, 0.15) is 13.3 Å². The Morgan fingerprint density at radius 1 is 1.64 bits per heavy atom. The van der Waals surface area contributed by atoms with Crippen molar-refractivity contribution < 1.29 is 27.5 Å². The number of hydroxylamine groups is 1.